The van der Waals surface area contributed by atoms with Crippen LogP contribution in [0.2, 0.25) is 5.02 Å². The smallest absolute Gasteiger partial charge is 0.289 e. The lowest BCUT2D eigenvalue weighted by Gasteiger charge is -2.30. The molecule has 1 amide bonds. The molecule has 11 heteroatoms. The zero-order valence-electron chi connectivity index (χ0n) is 15.5. The molecule has 1 aliphatic rings. The molecule has 30 heavy (non-hydrogen) atoms. The number of hydrogen-bond acceptors (Lipinski definition) is 4. The van der Waals surface area contributed by atoms with Crippen LogP contribution in [0.15, 0.2) is 52.3 Å². The average molecular weight is 479 g/mol. The lowest BCUT2D eigenvalue weighted by Crippen LogP contribution is -2.41. The molecule has 0 atom stereocenters. The predicted octanol–water partition coefficient (Wildman–Crippen LogP) is 4.83. The minimum absolute atomic E-state index is 0.0144. The maximum absolute atomic E-state index is 13.1. The molecule has 0 unspecified atom stereocenters. The van der Waals surface area contributed by atoms with Crippen molar-refractivity contribution in [2.75, 3.05) is 18.4 Å². The van der Waals surface area contributed by atoms with Gasteiger partial charge in [-0.1, -0.05) is 29.4 Å². The van der Waals surface area contributed by atoms with Gasteiger partial charge < -0.3 is 5.32 Å². The fourth-order valence-corrected chi connectivity index (χ4v) is 5.55. The highest BCUT2D eigenvalue weighted by Crippen LogP contribution is 2.38. The molecule has 0 aliphatic carbocycles. The van der Waals surface area contributed by atoms with Crippen LogP contribution in [0.3, 0.4) is 0 Å². The number of halogens is 4. The van der Waals surface area contributed by atoms with Crippen molar-refractivity contribution in [2.24, 2.45) is 5.92 Å². The van der Waals surface area contributed by atoms with E-state index < -0.39 is 27.5 Å². The van der Waals surface area contributed by atoms with Gasteiger partial charge in [0, 0.05) is 19.0 Å². The summed E-state index contributed by atoms with van der Waals surface area (Å²) in [5.41, 5.74) is 0.194. The molecule has 1 N–H and O–H groups in total. The predicted molar refractivity (Wildman–Crippen MR) is 110 cm³/mol. The lowest BCUT2D eigenvalue weighted by atomic mass is 9.97. The fourth-order valence-electron chi connectivity index (χ4n) is 3.16. The normalized spacial score (nSPS) is 16.0. The third-order valence-electron chi connectivity index (χ3n) is 4.71. The fraction of sp³-hybridized carbons (Fsp3) is 0.316. The first kappa shape index (κ1) is 22.9. The number of benzene rings is 2. The number of anilines is 1. The summed E-state index contributed by atoms with van der Waals surface area (Å²) in [4.78, 5) is 12.7. The minimum Gasteiger partial charge on any atom is -0.325 e. The van der Waals surface area contributed by atoms with Crippen LogP contribution in [0.5, 0.6) is 0 Å². The van der Waals surface area contributed by atoms with Crippen molar-refractivity contribution in [3.8, 4) is 0 Å². The van der Waals surface area contributed by atoms with Gasteiger partial charge in [0.05, 0.1) is 20.5 Å². The SMILES string of the molecule is O=C(Nc1cccc(Cl)c1SC(F)F)C1CCN(S(=O)(=O)c2ccc(F)cc2)CC1. The number of amides is 1. The van der Waals surface area contributed by atoms with Crippen LogP contribution in [-0.2, 0) is 14.8 Å². The highest BCUT2D eigenvalue weighted by Gasteiger charge is 2.32. The molecule has 3 rings (SSSR count). The van der Waals surface area contributed by atoms with E-state index in [4.69, 9.17) is 11.6 Å². The zero-order chi connectivity index (χ0) is 21.9. The van der Waals surface area contributed by atoms with E-state index in [2.05, 4.69) is 5.32 Å². The molecular formula is C19H18ClF3N2O3S2. The molecule has 1 aliphatic heterocycles. The van der Waals surface area contributed by atoms with Crippen LogP contribution in [-0.4, -0.2) is 37.5 Å². The maximum atomic E-state index is 13.1. The molecule has 0 spiro atoms. The van der Waals surface area contributed by atoms with Crippen molar-refractivity contribution in [2.45, 2.75) is 28.4 Å². The van der Waals surface area contributed by atoms with Gasteiger partial charge >= 0.3 is 0 Å². The van der Waals surface area contributed by atoms with Crippen molar-refractivity contribution < 1.29 is 26.4 Å². The molecule has 2 aromatic rings. The number of sulfonamides is 1. The van der Waals surface area contributed by atoms with E-state index in [0.29, 0.717) is 0 Å². The van der Waals surface area contributed by atoms with Gasteiger partial charge in [0.15, 0.2) is 0 Å². The first-order valence-electron chi connectivity index (χ1n) is 8.98. The van der Waals surface area contributed by atoms with Gasteiger partial charge in [-0.05, 0) is 49.2 Å². The Balaban J connectivity index is 1.65. The minimum atomic E-state index is -3.78. The van der Waals surface area contributed by atoms with Crippen LogP contribution in [0, 0.1) is 11.7 Å². The molecule has 162 valence electrons. The van der Waals surface area contributed by atoms with Gasteiger partial charge in [0.1, 0.15) is 5.82 Å². The molecule has 0 bridgehead atoms. The van der Waals surface area contributed by atoms with Crippen LogP contribution in [0.4, 0.5) is 18.9 Å². The van der Waals surface area contributed by atoms with Gasteiger partial charge in [-0.2, -0.15) is 13.1 Å². The summed E-state index contributed by atoms with van der Waals surface area (Å²) in [5.74, 6) is -4.09. The average Bonchev–Trinajstić information content (AvgIpc) is 2.71. The number of nitrogens with one attached hydrogen (secondary N) is 1. The number of carbonyl (C=O) groups is 1. The van der Waals surface area contributed by atoms with E-state index in [1.165, 1.54) is 28.6 Å². The lowest BCUT2D eigenvalue weighted by molar-refractivity contribution is -0.120. The zero-order valence-corrected chi connectivity index (χ0v) is 17.9. The number of alkyl halides is 2. The monoisotopic (exact) mass is 478 g/mol. The topological polar surface area (TPSA) is 66.5 Å². The molecule has 0 radical (unpaired) electrons. The van der Waals surface area contributed by atoms with Gasteiger partial charge in [-0.25, -0.2) is 12.8 Å². The van der Waals surface area contributed by atoms with E-state index in [1.807, 2.05) is 0 Å². The van der Waals surface area contributed by atoms with E-state index in [9.17, 15) is 26.4 Å². The molecule has 1 saturated heterocycles. The molecule has 0 saturated carbocycles. The Morgan fingerprint density at radius 3 is 2.37 bits per heavy atom. The van der Waals surface area contributed by atoms with Gasteiger partial charge in [0.25, 0.3) is 5.76 Å². The molecule has 5 nitrogen and oxygen atoms in total. The molecular weight excluding hydrogens is 461 g/mol. The summed E-state index contributed by atoms with van der Waals surface area (Å²) >= 11 is 6.23. The summed E-state index contributed by atoms with van der Waals surface area (Å²) in [6.45, 7) is 0.234. The second-order valence-electron chi connectivity index (χ2n) is 6.62. The van der Waals surface area contributed by atoms with Crippen molar-refractivity contribution in [3.63, 3.8) is 0 Å². The number of rotatable bonds is 6. The van der Waals surface area contributed by atoms with Crippen LogP contribution in [0.25, 0.3) is 0 Å². The van der Waals surface area contributed by atoms with Crippen LogP contribution in [0.1, 0.15) is 12.8 Å². The first-order chi connectivity index (χ1) is 14.2. The van der Waals surface area contributed by atoms with E-state index in [0.717, 1.165) is 12.1 Å². The number of nitrogens with zero attached hydrogens (tertiary/aromatic N) is 1. The van der Waals surface area contributed by atoms with E-state index >= 15 is 0 Å². The third-order valence-corrected chi connectivity index (χ3v) is 7.90. The largest absolute Gasteiger partial charge is 0.325 e. The van der Waals surface area contributed by atoms with Crippen LogP contribution < -0.4 is 5.32 Å². The molecule has 1 fully saturated rings. The molecule has 2 aromatic carbocycles. The van der Waals surface area contributed by atoms with Gasteiger partial charge in [0.2, 0.25) is 15.9 Å². The number of hydrogen-bond donors (Lipinski definition) is 1. The van der Waals surface area contributed by atoms with Crippen molar-refractivity contribution in [3.05, 3.63) is 53.3 Å². The Bertz CT molecular complexity index is 1010. The Morgan fingerprint density at radius 1 is 1.13 bits per heavy atom. The summed E-state index contributed by atoms with van der Waals surface area (Å²) in [7, 11) is -3.78. The highest BCUT2D eigenvalue weighted by atomic mass is 35.5. The second-order valence-corrected chi connectivity index (χ2v) is 9.96. The number of thioether (sulfide) groups is 1. The Morgan fingerprint density at radius 2 is 1.77 bits per heavy atom. The van der Waals surface area contributed by atoms with E-state index in [1.54, 1.807) is 6.07 Å². The number of carbonyl (C=O) groups excluding carboxylic acids is 1. The Labute approximate surface area is 181 Å². The second kappa shape index (κ2) is 9.59. The molecule has 1 heterocycles. The summed E-state index contributed by atoms with van der Waals surface area (Å²) in [6, 6.07) is 9.05. The van der Waals surface area contributed by atoms with Crippen LogP contribution >= 0.6 is 23.4 Å². The quantitative estimate of drug-likeness (QED) is 0.604. The van der Waals surface area contributed by atoms with Crippen molar-refractivity contribution in [1.82, 2.24) is 4.31 Å². The highest BCUT2D eigenvalue weighted by molar-refractivity contribution is 7.99. The standard InChI is InChI=1S/C19H18ClF3N2O3S2/c20-15-2-1-3-16(17(15)29-19(22)23)24-18(26)12-8-10-25(11-9-12)30(27,28)14-6-4-13(21)5-7-14/h1-7,12,19H,8-11H2,(H,24,26). The van der Waals surface area contributed by atoms with Gasteiger partial charge in [-0.15, -0.1) is 0 Å². The molecule has 0 aromatic heterocycles. The van der Waals surface area contributed by atoms with Crippen molar-refractivity contribution >= 4 is 45.0 Å². The first-order valence-corrected chi connectivity index (χ1v) is 11.7. The summed E-state index contributed by atoms with van der Waals surface area (Å²) < 4.78 is 65.2. The summed E-state index contributed by atoms with van der Waals surface area (Å²) in [6.07, 6.45) is 0.536. The Hall–Kier alpha value is -1.75. The van der Waals surface area contributed by atoms with Crippen molar-refractivity contribution in [1.29, 1.82) is 0 Å². The summed E-state index contributed by atoms with van der Waals surface area (Å²) in [5, 5.41) is 2.74. The third kappa shape index (κ3) is 5.29. The number of piperidine rings is 1. The van der Waals surface area contributed by atoms with Gasteiger partial charge in [-0.3, -0.25) is 4.79 Å². The maximum Gasteiger partial charge on any atom is 0.289 e. The van der Waals surface area contributed by atoms with E-state index in [-0.39, 0.29) is 64.1 Å². The Kier molecular flexibility index (Phi) is 7.33.